The number of nitrogens with one attached hydrogen (secondary N) is 3. The van der Waals surface area contributed by atoms with E-state index in [0.29, 0.717) is 33.8 Å². The van der Waals surface area contributed by atoms with Gasteiger partial charge in [0.1, 0.15) is 11.6 Å². The Morgan fingerprint density at radius 3 is 2.53 bits per heavy atom. The summed E-state index contributed by atoms with van der Waals surface area (Å²) >= 11 is 0. The second-order valence-electron chi connectivity index (χ2n) is 7.52. The minimum absolute atomic E-state index is 0.126. The van der Waals surface area contributed by atoms with Gasteiger partial charge in [-0.05, 0) is 54.1 Å². The number of methoxy groups -OCH3 is 1. The van der Waals surface area contributed by atoms with Gasteiger partial charge in [0.25, 0.3) is 11.8 Å². The number of halogens is 1. The van der Waals surface area contributed by atoms with E-state index in [9.17, 15) is 18.8 Å². The SMILES string of the molecule is COc1ccc2c(c1)/C(=C/C(=O)NCc1ccc(C(=O)Nc3ccc(F)cc3N)cc1)NC2=O. The van der Waals surface area contributed by atoms with Gasteiger partial charge in [0.05, 0.1) is 24.2 Å². The molecule has 0 saturated carbocycles. The quantitative estimate of drug-likeness (QED) is 0.333. The van der Waals surface area contributed by atoms with Crippen molar-refractivity contribution in [2.45, 2.75) is 6.54 Å². The van der Waals surface area contributed by atoms with Crippen molar-refractivity contribution in [3.05, 3.63) is 94.8 Å². The summed E-state index contributed by atoms with van der Waals surface area (Å²) in [7, 11) is 1.52. The fourth-order valence-corrected chi connectivity index (χ4v) is 3.43. The van der Waals surface area contributed by atoms with E-state index in [2.05, 4.69) is 16.0 Å². The third-order valence-corrected chi connectivity index (χ3v) is 5.23. The molecular formula is C25H21FN4O4. The van der Waals surface area contributed by atoms with Crippen LogP contribution in [0.2, 0.25) is 0 Å². The van der Waals surface area contributed by atoms with Gasteiger partial charge in [-0.1, -0.05) is 12.1 Å². The Morgan fingerprint density at radius 1 is 1.06 bits per heavy atom. The molecule has 0 saturated heterocycles. The molecule has 0 fully saturated rings. The maximum absolute atomic E-state index is 13.2. The zero-order valence-electron chi connectivity index (χ0n) is 18.1. The molecule has 3 amide bonds. The third kappa shape index (κ3) is 4.88. The molecule has 0 spiro atoms. The molecule has 4 rings (SSSR count). The Morgan fingerprint density at radius 2 is 1.82 bits per heavy atom. The second kappa shape index (κ2) is 9.45. The summed E-state index contributed by atoms with van der Waals surface area (Å²) in [5.74, 6) is -0.984. The van der Waals surface area contributed by atoms with E-state index < -0.39 is 11.7 Å². The molecule has 9 heteroatoms. The lowest BCUT2D eigenvalue weighted by molar-refractivity contribution is -0.116. The molecule has 34 heavy (non-hydrogen) atoms. The highest BCUT2D eigenvalue weighted by atomic mass is 19.1. The van der Waals surface area contributed by atoms with Crippen LogP contribution < -0.4 is 26.4 Å². The highest BCUT2D eigenvalue weighted by molar-refractivity contribution is 6.12. The first-order valence-corrected chi connectivity index (χ1v) is 10.3. The van der Waals surface area contributed by atoms with Crippen molar-refractivity contribution >= 4 is 34.8 Å². The van der Waals surface area contributed by atoms with Crippen LogP contribution in [-0.4, -0.2) is 24.8 Å². The lowest BCUT2D eigenvalue weighted by Crippen LogP contribution is -2.22. The van der Waals surface area contributed by atoms with Gasteiger partial charge in [0.15, 0.2) is 0 Å². The highest BCUT2D eigenvalue weighted by Gasteiger charge is 2.24. The zero-order valence-corrected chi connectivity index (χ0v) is 18.1. The summed E-state index contributed by atoms with van der Waals surface area (Å²) in [6.07, 6.45) is 1.32. The van der Waals surface area contributed by atoms with Crippen LogP contribution in [0.25, 0.3) is 5.70 Å². The molecule has 0 atom stereocenters. The summed E-state index contributed by atoms with van der Waals surface area (Å²) < 4.78 is 18.3. The van der Waals surface area contributed by atoms with E-state index in [-0.39, 0.29) is 24.0 Å². The van der Waals surface area contributed by atoms with Crippen LogP contribution in [0, 0.1) is 5.82 Å². The van der Waals surface area contributed by atoms with Crippen molar-refractivity contribution in [3.8, 4) is 5.75 Å². The standard InChI is InChI=1S/C25H21FN4O4/c1-34-17-7-8-18-19(11-17)22(30-25(18)33)12-23(31)28-13-14-2-4-15(5-3-14)24(32)29-21-9-6-16(26)10-20(21)27/h2-12H,13,27H2,1H3,(H,28,31)(H,29,32)(H,30,33)/b22-12-. The molecular weight excluding hydrogens is 439 g/mol. The number of fused-ring (bicyclic) bond motifs is 1. The number of anilines is 2. The number of carbonyl (C=O) groups excluding carboxylic acids is 3. The normalized spacial score (nSPS) is 13.2. The van der Waals surface area contributed by atoms with Crippen molar-refractivity contribution in [2.24, 2.45) is 0 Å². The van der Waals surface area contributed by atoms with Crippen LogP contribution in [-0.2, 0) is 11.3 Å². The van der Waals surface area contributed by atoms with E-state index in [4.69, 9.17) is 10.5 Å². The Balaban J connectivity index is 1.37. The summed E-state index contributed by atoms with van der Waals surface area (Å²) in [5, 5.41) is 8.06. The first-order valence-electron chi connectivity index (χ1n) is 10.3. The summed E-state index contributed by atoms with van der Waals surface area (Å²) in [6, 6.07) is 15.4. The maximum atomic E-state index is 13.2. The van der Waals surface area contributed by atoms with Crippen LogP contribution >= 0.6 is 0 Å². The lowest BCUT2D eigenvalue weighted by Gasteiger charge is -2.09. The van der Waals surface area contributed by atoms with Crippen LogP contribution in [0.15, 0.2) is 66.7 Å². The Kier molecular flexibility index (Phi) is 6.26. The summed E-state index contributed by atoms with van der Waals surface area (Å²) in [5.41, 5.74) is 8.75. The van der Waals surface area contributed by atoms with Gasteiger partial charge >= 0.3 is 0 Å². The van der Waals surface area contributed by atoms with E-state index in [0.717, 1.165) is 11.6 Å². The minimum atomic E-state index is -0.489. The number of ether oxygens (including phenoxy) is 1. The van der Waals surface area contributed by atoms with Crippen LogP contribution in [0.1, 0.15) is 31.8 Å². The second-order valence-corrected chi connectivity index (χ2v) is 7.52. The maximum Gasteiger partial charge on any atom is 0.256 e. The topological polar surface area (TPSA) is 123 Å². The fraction of sp³-hybridized carbons (Fsp3) is 0.0800. The first kappa shape index (κ1) is 22.5. The minimum Gasteiger partial charge on any atom is -0.497 e. The van der Waals surface area contributed by atoms with E-state index >= 15 is 0 Å². The van der Waals surface area contributed by atoms with Crippen molar-refractivity contribution in [3.63, 3.8) is 0 Å². The number of rotatable bonds is 6. The largest absolute Gasteiger partial charge is 0.497 e. The molecule has 8 nitrogen and oxygen atoms in total. The fourth-order valence-electron chi connectivity index (χ4n) is 3.43. The molecule has 0 radical (unpaired) electrons. The van der Waals surface area contributed by atoms with Gasteiger partial charge in [-0.2, -0.15) is 0 Å². The molecule has 1 aliphatic heterocycles. The molecule has 0 bridgehead atoms. The van der Waals surface area contributed by atoms with Crippen molar-refractivity contribution < 1.29 is 23.5 Å². The van der Waals surface area contributed by atoms with Crippen LogP contribution in [0.5, 0.6) is 5.75 Å². The van der Waals surface area contributed by atoms with Gasteiger partial charge < -0.3 is 26.4 Å². The number of hydrogen-bond acceptors (Lipinski definition) is 5. The number of benzene rings is 3. The third-order valence-electron chi connectivity index (χ3n) is 5.23. The number of nitrogen functional groups attached to an aromatic ring is 1. The molecule has 1 heterocycles. The Labute approximate surface area is 194 Å². The number of hydrogen-bond donors (Lipinski definition) is 4. The number of amides is 3. The number of nitrogens with two attached hydrogens (primary N) is 1. The molecule has 5 N–H and O–H groups in total. The van der Waals surface area contributed by atoms with Crippen molar-refractivity contribution in [1.29, 1.82) is 0 Å². The molecule has 0 aliphatic carbocycles. The zero-order chi connectivity index (χ0) is 24.2. The average molecular weight is 460 g/mol. The monoisotopic (exact) mass is 460 g/mol. The van der Waals surface area contributed by atoms with E-state index in [1.54, 1.807) is 42.5 Å². The summed E-state index contributed by atoms with van der Waals surface area (Å²) in [6.45, 7) is 0.217. The number of carbonyl (C=O) groups is 3. The Hall–Kier alpha value is -4.66. The predicted octanol–water partition coefficient (Wildman–Crippen LogP) is 3.07. The predicted molar refractivity (Wildman–Crippen MR) is 125 cm³/mol. The molecule has 0 aromatic heterocycles. The van der Waals surface area contributed by atoms with Gasteiger partial charge in [0, 0.05) is 29.3 Å². The summed E-state index contributed by atoms with van der Waals surface area (Å²) in [4.78, 5) is 36.9. The van der Waals surface area contributed by atoms with E-state index in [1.807, 2.05) is 0 Å². The molecule has 3 aromatic carbocycles. The molecule has 172 valence electrons. The van der Waals surface area contributed by atoms with Crippen LogP contribution in [0.4, 0.5) is 15.8 Å². The average Bonchev–Trinajstić information content (AvgIpc) is 3.14. The Bertz CT molecular complexity index is 1320. The highest BCUT2D eigenvalue weighted by Crippen LogP contribution is 2.28. The van der Waals surface area contributed by atoms with Crippen LogP contribution in [0.3, 0.4) is 0 Å². The lowest BCUT2D eigenvalue weighted by atomic mass is 10.1. The van der Waals surface area contributed by atoms with Gasteiger partial charge in [-0.15, -0.1) is 0 Å². The van der Waals surface area contributed by atoms with Gasteiger partial charge in [-0.25, -0.2) is 4.39 Å². The first-order chi connectivity index (χ1) is 16.3. The van der Waals surface area contributed by atoms with Crippen molar-refractivity contribution in [2.75, 3.05) is 18.2 Å². The molecule has 0 unspecified atom stereocenters. The smallest absolute Gasteiger partial charge is 0.256 e. The molecule has 3 aromatic rings. The van der Waals surface area contributed by atoms with E-state index in [1.165, 1.54) is 25.3 Å². The molecule has 1 aliphatic rings. The van der Waals surface area contributed by atoms with Gasteiger partial charge in [0.2, 0.25) is 5.91 Å². The van der Waals surface area contributed by atoms with Gasteiger partial charge in [-0.3, -0.25) is 14.4 Å². The van der Waals surface area contributed by atoms with Crippen molar-refractivity contribution in [1.82, 2.24) is 10.6 Å².